The van der Waals surface area contributed by atoms with Crippen LogP contribution in [0.4, 0.5) is 0 Å². The number of hydrogen-bond donors (Lipinski definition) is 3. The van der Waals surface area contributed by atoms with Gasteiger partial charge >= 0.3 is 0 Å². The second-order valence-corrected chi connectivity index (χ2v) is 8.62. The minimum atomic E-state index is -3.51. The number of fused-ring (bicyclic) bond motifs is 1. The first-order valence-electron chi connectivity index (χ1n) is 9.88. The number of rotatable bonds is 13. The molecular weight excluding hydrogens is 374 g/mol. The third-order valence-electron chi connectivity index (χ3n) is 4.60. The smallest absolute Gasteiger partial charge is 0.241 e. The predicted molar refractivity (Wildman–Crippen MR) is 115 cm³/mol. The van der Waals surface area contributed by atoms with Gasteiger partial charge in [-0.05, 0) is 25.0 Å². The van der Waals surface area contributed by atoms with Crippen LogP contribution in [0.2, 0.25) is 0 Å². The zero-order valence-electron chi connectivity index (χ0n) is 16.3. The summed E-state index contributed by atoms with van der Waals surface area (Å²) < 4.78 is 27.9. The molecule has 0 fully saturated rings. The summed E-state index contributed by atoms with van der Waals surface area (Å²) in [6, 6.07) is 6.98. The Morgan fingerprint density at radius 1 is 0.964 bits per heavy atom. The van der Waals surface area contributed by atoms with Gasteiger partial charge in [0, 0.05) is 36.3 Å². The molecular formula is C20H31N5O2S. The Hall–Kier alpha value is -2.19. The van der Waals surface area contributed by atoms with Crippen molar-refractivity contribution in [3.63, 3.8) is 0 Å². The lowest BCUT2D eigenvalue weighted by Gasteiger charge is -2.09. The second kappa shape index (κ2) is 11.6. The van der Waals surface area contributed by atoms with Crippen molar-refractivity contribution in [1.82, 2.24) is 9.71 Å². The van der Waals surface area contributed by atoms with Crippen LogP contribution >= 0.6 is 0 Å². The van der Waals surface area contributed by atoms with Crippen molar-refractivity contribution in [3.8, 4) is 0 Å². The molecule has 8 heteroatoms. The Kier molecular flexibility index (Phi) is 9.16. The van der Waals surface area contributed by atoms with Crippen LogP contribution in [0.1, 0.15) is 51.4 Å². The number of benzene rings is 1. The van der Waals surface area contributed by atoms with E-state index in [1.807, 2.05) is 6.07 Å². The summed E-state index contributed by atoms with van der Waals surface area (Å²) in [5, 5.41) is 1.52. The Bertz CT molecular complexity index is 859. The highest BCUT2D eigenvalue weighted by Crippen LogP contribution is 2.21. The van der Waals surface area contributed by atoms with E-state index in [2.05, 4.69) is 14.7 Å². The van der Waals surface area contributed by atoms with E-state index in [9.17, 15) is 8.42 Å². The third kappa shape index (κ3) is 7.44. The summed E-state index contributed by atoms with van der Waals surface area (Å²) in [5.74, 6) is 0.160. The molecule has 2 rings (SSSR count). The van der Waals surface area contributed by atoms with E-state index in [1.165, 1.54) is 19.3 Å². The molecule has 1 heterocycles. The highest BCUT2D eigenvalue weighted by molar-refractivity contribution is 7.89. The first-order valence-corrected chi connectivity index (χ1v) is 11.4. The molecule has 5 N–H and O–H groups in total. The van der Waals surface area contributed by atoms with Gasteiger partial charge in [-0.1, -0.05) is 50.7 Å². The molecule has 154 valence electrons. The molecule has 28 heavy (non-hydrogen) atoms. The Morgan fingerprint density at radius 3 is 2.36 bits per heavy atom. The number of unbranched alkanes of at least 4 members (excludes halogenated alkanes) is 7. The lowest BCUT2D eigenvalue weighted by atomic mass is 10.1. The Labute approximate surface area is 167 Å². The minimum absolute atomic E-state index is 0.160. The maximum atomic E-state index is 12.6. The van der Waals surface area contributed by atoms with Crippen LogP contribution in [0, 0.1) is 0 Å². The molecule has 1 aromatic heterocycles. The van der Waals surface area contributed by atoms with Crippen LogP contribution < -0.4 is 16.2 Å². The van der Waals surface area contributed by atoms with E-state index in [4.69, 9.17) is 11.5 Å². The number of nitrogens with one attached hydrogen (secondary N) is 1. The van der Waals surface area contributed by atoms with Crippen molar-refractivity contribution in [2.45, 2.75) is 56.3 Å². The fourth-order valence-corrected chi connectivity index (χ4v) is 4.42. The molecule has 0 radical (unpaired) electrons. The number of guanidine groups is 1. The van der Waals surface area contributed by atoms with E-state index >= 15 is 0 Å². The largest absolute Gasteiger partial charge is 0.370 e. The SMILES string of the molecule is NC(N)=NCCCCCCCCCCNS(=O)(=O)c1cccc2cnccc12. The maximum absolute atomic E-state index is 12.6. The fraction of sp³-hybridized carbons (Fsp3) is 0.500. The van der Waals surface area contributed by atoms with Crippen molar-refractivity contribution < 1.29 is 8.42 Å². The average Bonchev–Trinajstić information content (AvgIpc) is 2.68. The van der Waals surface area contributed by atoms with E-state index in [-0.39, 0.29) is 5.96 Å². The normalized spacial score (nSPS) is 11.6. The molecule has 0 aliphatic heterocycles. The van der Waals surface area contributed by atoms with Gasteiger partial charge in [0.1, 0.15) is 0 Å². The number of aromatic nitrogens is 1. The monoisotopic (exact) mass is 405 g/mol. The summed E-state index contributed by atoms with van der Waals surface area (Å²) in [5.41, 5.74) is 10.6. The molecule has 0 saturated heterocycles. The number of pyridine rings is 1. The average molecular weight is 406 g/mol. The topological polar surface area (TPSA) is 123 Å². The third-order valence-corrected chi connectivity index (χ3v) is 6.12. The molecule has 0 unspecified atom stereocenters. The van der Waals surface area contributed by atoms with E-state index < -0.39 is 10.0 Å². The first-order chi connectivity index (χ1) is 13.5. The first kappa shape index (κ1) is 22.1. The minimum Gasteiger partial charge on any atom is -0.370 e. The van der Waals surface area contributed by atoms with Crippen LogP contribution in [-0.4, -0.2) is 32.5 Å². The lowest BCUT2D eigenvalue weighted by Crippen LogP contribution is -2.25. The molecule has 0 aliphatic carbocycles. The molecule has 7 nitrogen and oxygen atoms in total. The van der Waals surface area contributed by atoms with Gasteiger partial charge in [0.15, 0.2) is 5.96 Å². The highest BCUT2D eigenvalue weighted by Gasteiger charge is 2.16. The highest BCUT2D eigenvalue weighted by atomic mass is 32.2. The van der Waals surface area contributed by atoms with Crippen LogP contribution in [0.3, 0.4) is 0 Å². The van der Waals surface area contributed by atoms with Crippen LogP contribution in [0.15, 0.2) is 46.5 Å². The Balaban J connectivity index is 1.61. The van der Waals surface area contributed by atoms with Gasteiger partial charge in [0.05, 0.1) is 4.90 Å². The molecule has 0 bridgehead atoms. The van der Waals surface area contributed by atoms with Crippen LogP contribution in [0.5, 0.6) is 0 Å². The van der Waals surface area contributed by atoms with Crippen molar-refractivity contribution in [2.75, 3.05) is 13.1 Å². The Morgan fingerprint density at radius 2 is 1.64 bits per heavy atom. The lowest BCUT2D eigenvalue weighted by molar-refractivity contribution is 0.557. The van der Waals surface area contributed by atoms with Gasteiger partial charge in [0.2, 0.25) is 10.0 Å². The molecule has 1 aromatic carbocycles. The quantitative estimate of drug-likeness (QED) is 0.268. The summed E-state index contributed by atoms with van der Waals surface area (Å²) in [6.07, 6.45) is 12.0. The summed E-state index contributed by atoms with van der Waals surface area (Å²) in [7, 11) is -3.51. The number of aliphatic imine (C=N–C) groups is 1. The number of hydrogen-bond acceptors (Lipinski definition) is 4. The molecule has 0 aliphatic rings. The van der Waals surface area contributed by atoms with Gasteiger partial charge in [-0.2, -0.15) is 0 Å². The molecule has 0 amide bonds. The van der Waals surface area contributed by atoms with Gasteiger partial charge in [0.25, 0.3) is 0 Å². The molecule has 0 saturated carbocycles. The van der Waals surface area contributed by atoms with E-state index in [0.29, 0.717) is 23.4 Å². The van der Waals surface area contributed by atoms with Gasteiger partial charge in [-0.15, -0.1) is 0 Å². The number of nitrogens with two attached hydrogens (primary N) is 2. The number of nitrogens with zero attached hydrogens (tertiary/aromatic N) is 2. The van der Waals surface area contributed by atoms with Gasteiger partial charge in [-0.25, -0.2) is 13.1 Å². The molecule has 0 spiro atoms. The summed E-state index contributed by atoms with van der Waals surface area (Å²) >= 11 is 0. The van der Waals surface area contributed by atoms with Crippen LogP contribution in [0.25, 0.3) is 10.8 Å². The maximum Gasteiger partial charge on any atom is 0.241 e. The zero-order valence-corrected chi connectivity index (χ0v) is 17.1. The van der Waals surface area contributed by atoms with E-state index in [1.54, 1.807) is 30.6 Å². The molecule has 0 atom stereocenters. The zero-order chi connectivity index (χ0) is 20.2. The van der Waals surface area contributed by atoms with Crippen molar-refractivity contribution in [1.29, 1.82) is 0 Å². The van der Waals surface area contributed by atoms with E-state index in [0.717, 1.165) is 37.5 Å². The van der Waals surface area contributed by atoms with Crippen LogP contribution in [-0.2, 0) is 10.0 Å². The molecule has 2 aromatic rings. The van der Waals surface area contributed by atoms with Crippen molar-refractivity contribution in [2.24, 2.45) is 16.5 Å². The number of sulfonamides is 1. The fourth-order valence-electron chi connectivity index (χ4n) is 3.12. The van der Waals surface area contributed by atoms with Crippen molar-refractivity contribution >= 4 is 26.8 Å². The van der Waals surface area contributed by atoms with Gasteiger partial charge < -0.3 is 11.5 Å². The second-order valence-electron chi connectivity index (χ2n) is 6.89. The van der Waals surface area contributed by atoms with Gasteiger partial charge in [-0.3, -0.25) is 9.98 Å². The standard InChI is InChI=1S/C20H31N5O2S/c21-20(22)24-13-7-5-3-1-2-4-6-8-14-25-28(26,27)19-11-9-10-17-16-23-15-12-18(17)19/h9-12,15-16,25H,1-8,13-14H2,(H4,21,22,24). The predicted octanol–water partition coefficient (Wildman–Crippen LogP) is 2.91. The van der Waals surface area contributed by atoms with Crippen molar-refractivity contribution in [3.05, 3.63) is 36.7 Å². The summed E-state index contributed by atoms with van der Waals surface area (Å²) in [4.78, 5) is 8.32. The summed E-state index contributed by atoms with van der Waals surface area (Å²) in [6.45, 7) is 1.16.